The van der Waals surface area contributed by atoms with Crippen molar-refractivity contribution in [2.45, 2.75) is 13.5 Å². The Morgan fingerprint density at radius 2 is 2.33 bits per heavy atom. The van der Waals surface area contributed by atoms with Crippen LogP contribution < -0.4 is 5.32 Å². The van der Waals surface area contributed by atoms with Crippen molar-refractivity contribution < 1.29 is 4.92 Å². The highest BCUT2D eigenvalue weighted by molar-refractivity contribution is 6.33. The second-order valence-electron chi connectivity index (χ2n) is 3.75. The molecule has 94 valence electrons. The van der Waals surface area contributed by atoms with Gasteiger partial charge in [-0.15, -0.1) is 0 Å². The van der Waals surface area contributed by atoms with E-state index in [0.717, 1.165) is 11.4 Å². The number of nitrogens with zero attached hydrogens (tertiary/aromatic N) is 2. The molecule has 0 unspecified atom stereocenters. The summed E-state index contributed by atoms with van der Waals surface area (Å²) in [6.07, 6.45) is 1.60. The van der Waals surface area contributed by atoms with E-state index in [2.05, 4.69) is 15.3 Å². The van der Waals surface area contributed by atoms with Crippen LogP contribution in [0.2, 0.25) is 5.02 Å². The topological polar surface area (TPSA) is 83.8 Å². The Hall–Kier alpha value is -2.08. The van der Waals surface area contributed by atoms with Crippen LogP contribution in [0.3, 0.4) is 0 Å². The molecule has 0 atom stereocenters. The summed E-state index contributed by atoms with van der Waals surface area (Å²) in [5.41, 5.74) is 2.32. The number of nitro benzene ring substituents is 1. The lowest BCUT2D eigenvalue weighted by atomic mass is 10.2. The highest BCUT2D eigenvalue weighted by Crippen LogP contribution is 2.27. The summed E-state index contributed by atoms with van der Waals surface area (Å²) in [6.45, 7) is 2.36. The molecular formula is C11H11ClN4O2. The van der Waals surface area contributed by atoms with Crippen LogP contribution in [0.25, 0.3) is 0 Å². The van der Waals surface area contributed by atoms with Crippen molar-refractivity contribution in [3.63, 3.8) is 0 Å². The van der Waals surface area contributed by atoms with Gasteiger partial charge >= 0.3 is 0 Å². The number of benzene rings is 1. The maximum absolute atomic E-state index is 10.7. The minimum Gasteiger partial charge on any atom is -0.378 e. The zero-order valence-electron chi connectivity index (χ0n) is 9.61. The Labute approximate surface area is 108 Å². The number of hydrogen-bond acceptors (Lipinski definition) is 4. The largest absolute Gasteiger partial charge is 0.378 e. The van der Waals surface area contributed by atoms with Crippen LogP contribution in [0.5, 0.6) is 0 Å². The van der Waals surface area contributed by atoms with Gasteiger partial charge in [0.2, 0.25) is 0 Å². The lowest BCUT2D eigenvalue weighted by molar-refractivity contribution is -0.384. The first-order chi connectivity index (χ1) is 8.58. The van der Waals surface area contributed by atoms with Gasteiger partial charge in [-0.05, 0) is 13.0 Å². The number of H-pyrrole nitrogens is 1. The van der Waals surface area contributed by atoms with E-state index in [9.17, 15) is 10.1 Å². The third-order valence-corrected chi connectivity index (χ3v) is 2.87. The molecule has 0 amide bonds. The Morgan fingerprint density at radius 1 is 1.56 bits per heavy atom. The zero-order valence-corrected chi connectivity index (χ0v) is 10.4. The molecule has 0 fully saturated rings. The number of aromatic amines is 1. The average Bonchev–Trinajstić information content (AvgIpc) is 2.73. The predicted molar refractivity (Wildman–Crippen MR) is 68.8 cm³/mol. The molecule has 18 heavy (non-hydrogen) atoms. The molecule has 6 nitrogen and oxygen atoms in total. The number of rotatable bonds is 4. The molecule has 0 aliphatic heterocycles. The number of aromatic nitrogens is 2. The molecule has 0 aliphatic carbocycles. The standard InChI is InChI=1S/C11H11ClN4O2/c1-7-11(15-6-14-7)5-13-10-4-8(16(17)18)2-3-9(10)12/h2-4,6,13H,5H2,1H3,(H,14,15). The van der Waals surface area contributed by atoms with Crippen molar-refractivity contribution >= 4 is 23.0 Å². The quantitative estimate of drug-likeness (QED) is 0.658. The van der Waals surface area contributed by atoms with Crippen LogP contribution in [0.15, 0.2) is 24.5 Å². The van der Waals surface area contributed by atoms with Gasteiger partial charge in [-0.3, -0.25) is 10.1 Å². The Kier molecular flexibility index (Phi) is 3.47. The molecule has 1 aromatic carbocycles. The van der Waals surface area contributed by atoms with E-state index in [4.69, 9.17) is 11.6 Å². The van der Waals surface area contributed by atoms with Crippen molar-refractivity contribution in [1.29, 1.82) is 0 Å². The van der Waals surface area contributed by atoms with E-state index < -0.39 is 4.92 Å². The third-order valence-electron chi connectivity index (χ3n) is 2.54. The first-order valence-corrected chi connectivity index (χ1v) is 5.62. The van der Waals surface area contributed by atoms with E-state index in [1.54, 1.807) is 6.33 Å². The summed E-state index contributed by atoms with van der Waals surface area (Å²) < 4.78 is 0. The number of nitro groups is 1. The van der Waals surface area contributed by atoms with Crippen molar-refractivity contribution in [1.82, 2.24) is 9.97 Å². The molecular weight excluding hydrogens is 256 g/mol. The number of imidazole rings is 1. The number of aryl methyl sites for hydroxylation is 1. The fraction of sp³-hybridized carbons (Fsp3) is 0.182. The van der Waals surface area contributed by atoms with Crippen LogP contribution in [-0.2, 0) is 6.54 Å². The summed E-state index contributed by atoms with van der Waals surface area (Å²) >= 11 is 5.97. The minimum atomic E-state index is -0.457. The van der Waals surface area contributed by atoms with Crippen LogP contribution in [0.4, 0.5) is 11.4 Å². The molecule has 0 aliphatic rings. The Balaban J connectivity index is 2.16. The van der Waals surface area contributed by atoms with Gasteiger partial charge in [-0.1, -0.05) is 11.6 Å². The molecule has 2 rings (SSSR count). The van der Waals surface area contributed by atoms with E-state index in [0.29, 0.717) is 17.3 Å². The molecule has 2 aromatic rings. The van der Waals surface area contributed by atoms with Gasteiger partial charge in [-0.2, -0.15) is 0 Å². The maximum atomic E-state index is 10.7. The van der Waals surface area contributed by atoms with Gasteiger partial charge in [0.05, 0.1) is 34.2 Å². The van der Waals surface area contributed by atoms with Gasteiger partial charge in [0.25, 0.3) is 5.69 Å². The smallest absolute Gasteiger partial charge is 0.271 e. The molecule has 0 saturated carbocycles. The average molecular weight is 267 g/mol. The number of halogens is 1. The highest BCUT2D eigenvalue weighted by atomic mass is 35.5. The van der Waals surface area contributed by atoms with Crippen LogP contribution in [0, 0.1) is 17.0 Å². The number of hydrogen-bond donors (Lipinski definition) is 2. The second kappa shape index (κ2) is 5.05. The van der Waals surface area contributed by atoms with E-state index >= 15 is 0 Å². The molecule has 0 bridgehead atoms. The van der Waals surface area contributed by atoms with Crippen LogP contribution in [-0.4, -0.2) is 14.9 Å². The zero-order chi connectivity index (χ0) is 13.1. The van der Waals surface area contributed by atoms with Crippen molar-refractivity contribution in [2.24, 2.45) is 0 Å². The molecule has 2 N–H and O–H groups in total. The lowest BCUT2D eigenvalue weighted by Gasteiger charge is -2.07. The number of anilines is 1. The molecule has 0 radical (unpaired) electrons. The summed E-state index contributed by atoms with van der Waals surface area (Å²) in [7, 11) is 0. The summed E-state index contributed by atoms with van der Waals surface area (Å²) in [4.78, 5) is 17.3. The minimum absolute atomic E-state index is 0.000602. The SMILES string of the molecule is Cc1[nH]cnc1CNc1cc([N+](=O)[O-])ccc1Cl. The van der Waals surface area contributed by atoms with Crippen LogP contribution >= 0.6 is 11.6 Å². The second-order valence-corrected chi connectivity index (χ2v) is 4.16. The number of non-ortho nitro benzene ring substituents is 1. The fourth-order valence-electron chi connectivity index (χ4n) is 1.51. The summed E-state index contributed by atoms with van der Waals surface area (Å²) in [6, 6.07) is 4.27. The monoisotopic (exact) mass is 266 g/mol. The molecule has 1 aromatic heterocycles. The van der Waals surface area contributed by atoms with Gasteiger partial charge in [0.15, 0.2) is 0 Å². The predicted octanol–water partition coefficient (Wildman–Crippen LogP) is 2.89. The maximum Gasteiger partial charge on any atom is 0.271 e. The molecule has 1 heterocycles. The summed E-state index contributed by atoms with van der Waals surface area (Å²) in [5, 5.41) is 14.1. The first kappa shape index (κ1) is 12.4. The molecule has 0 spiro atoms. The number of nitrogens with one attached hydrogen (secondary N) is 2. The lowest BCUT2D eigenvalue weighted by Crippen LogP contribution is -2.02. The molecule has 7 heteroatoms. The Morgan fingerprint density at radius 3 is 2.94 bits per heavy atom. The fourth-order valence-corrected chi connectivity index (χ4v) is 1.69. The highest BCUT2D eigenvalue weighted by Gasteiger charge is 2.10. The van der Waals surface area contributed by atoms with Crippen LogP contribution in [0.1, 0.15) is 11.4 Å². The van der Waals surface area contributed by atoms with Gasteiger partial charge < -0.3 is 10.3 Å². The van der Waals surface area contributed by atoms with E-state index in [-0.39, 0.29) is 5.69 Å². The van der Waals surface area contributed by atoms with E-state index in [1.807, 2.05) is 6.92 Å². The van der Waals surface area contributed by atoms with Gasteiger partial charge in [-0.25, -0.2) is 4.98 Å². The van der Waals surface area contributed by atoms with Crippen molar-refractivity contribution in [2.75, 3.05) is 5.32 Å². The van der Waals surface area contributed by atoms with Gasteiger partial charge in [0, 0.05) is 17.8 Å². The normalized spacial score (nSPS) is 10.3. The van der Waals surface area contributed by atoms with E-state index in [1.165, 1.54) is 18.2 Å². The summed E-state index contributed by atoms with van der Waals surface area (Å²) in [5.74, 6) is 0. The van der Waals surface area contributed by atoms with Crippen molar-refractivity contribution in [3.8, 4) is 0 Å². The first-order valence-electron chi connectivity index (χ1n) is 5.24. The van der Waals surface area contributed by atoms with Crippen molar-refractivity contribution in [3.05, 3.63) is 51.1 Å². The Bertz CT molecular complexity index is 582. The third kappa shape index (κ3) is 2.60. The molecule has 0 saturated heterocycles. The van der Waals surface area contributed by atoms with Gasteiger partial charge in [0.1, 0.15) is 0 Å².